The van der Waals surface area contributed by atoms with Crippen LogP contribution in [0.5, 0.6) is 0 Å². The summed E-state index contributed by atoms with van der Waals surface area (Å²) >= 11 is 0. The molecule has 0 amide bonds. The van der Waals surface area contributed by atoms with E-state index in [-0.39, 0.29) is 12.0 Å². The Morgan fingerprint density at radius 2 is 2.00 bits per heavy atom. The molecule has 7 heteroatoms. The van der Waals surface area contributed by atoms with Crippen molar-refractivity contribution in [2.45, 2.75) is 37.8 Å². The Labute approximate surface area is 182 Å². The molecule has 1 saturated heterocycles. The van der Waals surface area contributed by atoms with Crippen molar-refractivity contribution in [3.8, 4) is 11.1 Å². The number of nitrogens with zero attached hydrogens (tertiary/aromatic N) is 3. The molecule has 6 nitrogen and oxygen atoms in total. The molecule has 1 N–H and O–H groups in total. The van der Waals surface area contributed by atoms with E-state index in [1.807, 2.05) is 38.4 Å². The standard InChI is InChI=1S/C24H26N4O2S/c1-17-4-3-5-23(10-17)31(29,30)28-16-19(11-18(28)2)15-27-9-8-21-12-20(6-7-24(21)27)22-13-25-26-14-22/h3-10,12-14,18-19H,11,15-16H2,1-2H3,(H,25,26)/t18-,19+/m0/s1. The normalized spacial score (nSPS) is 19.9. The highest BCUT2D eigenvalue weighted by atomic mass is 32.2. The third kappa shape index (κ3) is 3.68. The highest BCUT2D eigenvalue weighted by Gasteiger charge is 2.38. The van der Waals surface area contributed by atoms with Gasteiger partial charge in [0.05, 0.1) is 11.1 Å². The van der Waals surface area contributed by atoms with Crippen LogP contribution in [0.2, 0.25) is 0 Å². The van der Waals surface area contributed by atoms with E-state index in [0.29, 0.717) is 11.4 Å². The lowest BCUT2D eigenvalue weighted by Gasteiger charge is -2.21. The number of fused-ring (bicyclic) bond motifs is 1. The summed E-state index contributed by atoms with van der Waals surface area (Å²) in [7, 11) is -3.48. The van der Waals surface area contributed by atoms with Crippen molar-refractivity contribution in [2.24, 2.45) is 5.92 Å². The Balaban J connectivity index is 1.36. The first-order valence-corrected chi connectivity index (χ1v) is 12.0. The fourth-order valence-corrected chi connectivity index (χ4v) is 6.54. The van der Waals surface area contributed by atoms with Crippen molar-refractivity contribution in [1.29, 1.82) is 0 Å². The summed E-state index contributed by atoms with van der Waals surface area (Å²) in [6, 6.07) is 15.7. The van der Waals surface area contributed by atoms with Crippen LogP contribution in [-0.4, -0.2) is 40.1 Å². The summed E-state index contributed by atoms with van der Waals surface area (Å²) in [6.45, 7) is 5.28. The van der Waals surface area contributed by atoms with Gasteiger partial charge >= 0.3 is 0 Å². The summed E-state index contributed by atoms with van der Waals surface area (Å²) in [4.78, 5) is 0.387. The molecule has 0 unspecified atom stereocenters. The van der Waals surface area contributed by atoms with E-state index < -0.39 is 10.0 Å². The number of aromatic nitrogens is 3. The van der Waals surface area contributed by atoms with Gasteiger partial charge in [-0.15, -0.1) is 0 Å². The molecule has 0 spiro atoms. The number of rotatable bonds is 5. The maximum absolute atomic E-state index is 13.2. The van der Waals surface area contributed by atoms with Crippen LogP contribution in [0.15, 0.2) is 72.0 Å². The lowest BCUT2D eigenvalue weighted by atomic mass is 10.1. The predicted octanol–water partition coefficient (Wildman–Crippen LogP) is 4.44. The van der Waals surface area contributed by atoms with Gasteiger partial charge in [0.15, 0.2) is 0 Å². The van der Waals surface area contributed by atoms with Gasteiger partial charge in [0.2, 0.25) is 10.0 Å². The van der Waals surface area contributed by atoms with Gasteiger partial charge in [0.25, 0.3) is 0 Å². The van der Waals surface area contributed by atoms with Gasteiger partial charge in [-0.1, -0.05) is 18.2 Å². The van der Waals surface area contributed by atoms with Crippen LogP contribution in [-0.2, 0) is 16.6 Å². The van der Waals surface area contributed by atoms with Crippen molar-refractivity contribution < 1.29 is 8.42 Å². The Kier molecular flexibility index (Phi) is 4.95. The number of aryl methyl sites for hydroxylation is 1. The van der Waals surface area contributed by atoms with E-state index in [2.05, 4.69) is 45.2 Å². The zero-order valence-corrected chi connectivity index (χ0v) is 18.5. The Morgan fingerprint density at radius 1 is 1.13 bits per heavy atom. The highest BCUT2D eigenvalue weighted by molar-refractivity contribution is 7.89. The molecule has 160 valence electrons. The smallest absolute Gasteiger partial charge is 0.243 e. The monoisotopic (exact) mass is 434 g/mol. The van der Waals surface area contributed by atoms with Crippen LogP contribution in [0.25, 0.3) is 22.0 Å². The number of nitrogens with one attached hydrogen (secondary N) is 1. The second kappa shape index (κ2) is 7.66. The lowest BCUT2D eigenvalue weighted by Crippen LogP contribution is -2.34. The largest absolute Gasteiger partial charge is 0.347 e. The second-order valence-corrected chi connectivity index (χ2v) is 10.5. The van der Waals surface area contributed by atoms with Crippen molar-refractivity contribution in [3.63, 3.8) is 0 Å². The summed E-state index contributed by atoms with van der Waals surface area (Å²) in [6.07, 6.45) is 6.67. The molecule has 1 fully saturated rings. The Bertz CT molecular complexity index is 1320. The number of sulfonamides is 1. The number of benzene rings is 2. The number of H-pyrrole nitrogens is 1. The average Bonchev–Trinajstić information content (AvgIpc) is 3.49. The van der Waals surface area contributed by atoms with E-state index >= 15 is 0 Å². The van der Waals surface area contributed by atoms with Gasteiger partial charge in [-0.05, 0) is 67.6 Å². The molecule has 2 aromatic carbocycles. The topological polar surface area (TPSA) is 71.0 Å². The Morgan fingerprint density at radius 3 is 2.77 bits per heavy atom. The first-order valence-electron chi connectivity index (χ1n) is 10.6. The van der Waals surface area contributed by atoms with Gasteiger partial charge in [-0.2, -0.15) is 9.40 Å². The summed E-state index contributed by atoms with van der Waals surface area (Å²) in [5.41, 5.74) is 4.32. The molecular weight excluding hydrogens is 408 g/mol. The van der Waals surface area contributed by atoms with Crippen LogP contribution in [0.1, 0.15) is 18.9 Å². The van der Waals surface area contributed by atoms with Crippen LogP contribution in [0, 0.1) is 12.8 Å². The van der Waals surface area contributed by atoms with E-state index in [9.17, 15) is 8.42 Å². The van der Waals surface area contributed by atoms with Gasteiger partial charge < -0.3 is 4.57 Å². The van der Waals surface area contributed by atoms with Crippen molar-refractivity contribution in [3.05, 3.63) is 72.7 Å². The molecule has 0 radical (unpaired) electrons. The van der Waals surface area contributed by atoms with Gasteiger partial charge in [0.1, 0.15) is 0 Å². The van der Waals surface area contributed by atoms with E-state index in [1.54, 1.807) is 16.4 Å². The fourth-order valence-electron chi connectivity index (χ4n) is 4.71. The van der Waals surface area contributed by atoms with E-state index in [4.69, 9.17) is 0 Å². The van der Waals surface area contributed by atoms with Crippen LogP contribution in [0.3, 0.4) is 0 Å². The first-order chi connectivity index (χ1) is 14.9. The second-order valence-electron chi connectivity index (χ2n) is 8.57. The molecule has 0 aliphatic carbocycles. The molecule has 1 aliphatic rings. The number of hydrogen-bond donors (Lipinski definition) is 1. The maximum atomic E-state index is 13.2. The first kappa shape index (κ1) is 20.0. The molecule has 5 rings (SSSR count). The summed E-state index contributed by atoms with van der Waals surface area (Å²) in [5, 5.41) is 8.06. The minimum Gasteiger partial charge on any atom is -0.347 e. The van der Waals surface area contributed by atoms with Gasteiger partial charge in [-0.25, -0.2) is 8.42 Å². The van der Waals surface area contributed by atoms with Crippen molar-refractivity contribution in [2.75, 3.05) is 6.54 Å². The molecule has 1 aliphatic heterocycles. The molecule has 31 heavy (non-hydrogen) atoms. The zero-order chi connectivity index (χ0) is 21.6. The summed E-state index contributed by atoms with van der Waals surface area (Å²) in [5.74, 6) is 0.277. The minimum absolute atomic E-state index is 0.00923. The van der Waals surface area contributed by atoms with Gasteiger partial charge in [-0.3, -0.25) is 5.10 Å². The third-order valence-corrected chi connectivity index (χ3v) is 8.23. The molecule has 4 aromatic rings. The lowest BCUT2D eigenvalue weighted by molar-refractivity contribution is 0.399. The van der Waals surface area contributed by atoms with E-state index in [1.165, 1.54) is 10.9 Å². The maximum Gasteiger partial charge on any atom is 0.243 e. The molecule has 2 atom stereocenters. The SMILES string of the molecule is Cc1cccc(S(=O)(=O)N2C[C@@H](Cn3ccc4cc(-c5cn[nH]c5)ccc43)C[C@@H]2C)c1. The van der Waals surface area contributed by atoms with Crippen LogP contribution in [0.4, 0.5) is 0 Å². The van der Waals surface area contributed by atoms with E-state index in [0.717, 1.165) is 29.7 Å². The molecule has 0 bridgehead atoms. The van der Waals surface area contributed by atoms with Crippen molar-refractivity contribution >= 4 is 20.9 Å². The molecular formula is C24H26N4O2S. The number of hydrogen-bond acceptors (Lipinski definition) is 3. The summed E-state index contributed by atoms with van der Waals surface area (Å²) < 4.78 is 30.4. The quantitative estimate of drug-likeness (QED) is 0.505. The Hall–Kier alpha value is -2.90. The van der Waals surface area contributed by atoms with Gasteiger partial charge in [0, 0.05) is 48.0 Å². The molecule has 0 saturated carbocycles. The zero-order valence-electron chi connectivity index (χ0n) is 17.7. The third-order valence-electron chi connectivity index (χ3n) is 6.26. The molecule has 3 heterocycles. The van der Waals surface area contributed by atoms with Crippen molar-refractivity contribution in [1.82, 2.24) is 19.1 Å². The predicted molar refractivity (Wildman–Crippen MR) is 122 cm³/mol. The average molecular weight is 435 g/mol. The minimum atomic E-state index is -3.48. The van der Waals surface area contributed by atoms with Crippen LogP contribution < -0.4 is 0 Å². The fraction of sp³-hybridized carbons (Fsp3) is 0.292. The molecule has 2 aromatic heterocycles. The van der Waals surface area contributed by atoms with Crippen LogP contribution >= 0.6 is 0 Å². The number of aromatic amines is 1. The highest BCUT2D eigenvalue weighted by Crippen LogP contribution is 2.32.